The van der Waals surface area contributed by atoms with E-state index in [0.717, 1.165) is 60.4 Å². The van der Waals surface area contributed by atoms with Crippen LogP contribution in [0.15, 0.2) is 59.0 Å². The van der Waals surface area contributed by atoms with E-state index in [-0.39, 0.29) is 5.91 Å². The number of nitrogens with zero attached hydrogens (tertiary/aromatic N) is 1. The van der Waals surface area contributed by atoms with Gasteiger partial charge in [0.1, 0.15) is 11.4 Å². The lowest BCUT2D eigenvalue weighted by atomic mass is 10.1. The Kier molecular flexibility index (Phi) is 8.03. The van der Waals surface area contributed by atoms with E-state index in [0.29, 0.717) is 18.9 Å². The highest BCUT2D eigenvalue weighted by atomic mass is 16.5. The summed E-state index contributed by atoms with van der Waals surface area (Å²) >= 11 is 0. The van der Waals surface area contributed by atoms with Gasteiger partial charge in [0.15, 0.2) is 11.7 Å². The molecule has 0 spiro atoms. The van der Waals surface area contributed by atoms with Gasteiger partial charge in [-0.3, -0.25) is 10.0 Å². The first-order chi connectivity index (χ1) is 14.7. The van der Waals surface area contributed by atoms with Gasteiger partial charge in [-0.05, 0) is 44.0 Å². The molecule has 1 heterocycles. The molecule has 0 aliphatic carbocycles. The third-order valence-corrected chi connectivity index (χ3v) is 4.82. The predicted molar refractivity (Wildman–Crippen MR) is 115 cm³/mol. The minimum atomic E-state index is -0.338. The zero-order valence-corrected chi connectivity index (χ0v) is 17.3. The molecule has 2 N–H and O–H groups in total. The summed E-state index contributed by atoms with van der Waals surface area (Å²) in [5, 5.41) is 8.52. The molecule has 0 aliphatic heterocycles. The number of unbranched alkanes of at least 4 members (excludes halogenated alkanes) is 3. The monoisotopic (exact) mass is 408 g/mol. The van der Waals surface area contributed by atoms with Crippen molar-refractivity contribution in [3.8, 4) is 28.3 Å². The third kappa shape index (κ3) is 5.94. The first kappa shape index (κ1) is 21.6. The zero-order chi connectivity index (χ0) is 21.2. The molecule has 2 aromatic carbocycles. The molecule has 0 saturated heterocycles. The van der Waals surface area contributed by atoms with Crippen LogP contribution in [0.5, 0.6) is 5.75 Å². The van der Waals surface area contributed by atoms with Crippen molar-refractivity contribution in [1.82, 2.24) is 10.5 Å². The van der Waals surface area contributed by atoms with E-state index in [9.17, 15) is 4.79 Å². The number of rotatable bonds is 11. The molecule has 0 aliphatic rings. The molecule has 1 amide bonds. The quantitative estimate of drug-likeness (QED) is 0.252. The van der Waals surface area contributed by atoms with Crippen molar-refractivity contribution < 1.29 is 19.2 Å². The van der Waals surface area contributed by atoms with Gasteiger partial charge in [-0.25, -0.2) is 10.5 Å². The fraction of sp³-hybridized carbons (Fsp3) is 0.333. The molecule has 30 heavy (non-hydrogen) atoms. The van der Waals surface area contributed by atoms with Crippen molar-refractivity contribution in [3.05, 3.63) is 60.5 Å². The molecule has 0 radical (unpaired) electrons. The van der Waals surface area contributed by atoms with E-state index in [1.165, 1.54) is 0 Å². The summed E-state index contributed by atoms with van der Waals surface area (Å²) in [5.41, 5.74) is 4.49. The van der Waals surface area contributed by atoms with Crippen LogP contribution >= 0.6 is 0 Å². The molecule has 1 aromatic heterocycles. The number of carbonyl (C=O) groups excluding carboxylic acids is 1. The second-order valence-corrected chi connectivity index (χ2v) is 7.06. The number of carbonyl (C=O) groups is 1. The van der Waals surface area contributed by atoms with Gasteiger partial charge in [-0.1, -0.05) is 43.2 Å². The lowest BCUT2D eigenvalue weighted by molar-refractivity contribution is -0.129. The number of aryl methyl sites for hydroxylation is 1. The Hall–Kier alpha value is -3.12. The molecule has 6 nitrogen and oxygen atoms in total. The Morgan fingerprint density at radius 1 is 1.00 bits per heavy atom. The van der Waals surface area contributed by atoms with Gasteiger partial charge < -0.3 is 9.15 Å². The molecular formula is C24H28N2O4. The van der Waals surface area contributed by atoms with E-state index in [2.05, 4.69) is 0 Å². The van der Waals surface area contributed by atoms with Gasteiger partial charge >= 0.3 is 0 Å². The Bertz CT molecular complexity index is 920. The van der Waals surface area contributed by atoms with Gasteiger partial charge in [0, 0.05) is 24.0 Å². The molecule has 6 heteroatoms. The van der Waals surface area contributed by atoms with Crippen LogP contribution in [0, 0.1) is 0 Å². The largest absolute Gasteiger partial charge is 0.494 e. The maximum Gasteiger partial charge on any atom is 0.243 e. The Morgan fingerprint density at radius 2 is 1.73 bits per heavy atom. The number of benzene rings is 2. The summed E-state index contributed by atoms with van der Waals surface area (Å²) in [5.74, 6) is 1.97. The van der Waals surface area contributed by atoms with Crippen molar-refractivity contribution >= 4 is 5.91 Å². The smallest absolute Gasteiger partial charge is 0.243 e. The normalized spacial score (nSPS) is 10.7. The summed E-state index contributed by atoms with van der Waals surface area (Å²) in [7, 11) is 0. The van der Waals surface area contributed by atoms with Crippen LogP contribution in [0.4, 0.5) is 0 Å². The van der Waals surface area contributed by atoms with Gasteiger partial charge in [0.05, 0.1) is 6.61 Å². The van der Waals surface area contributed by atoms with Crippen molar-refractivity contribution in [1.29, 1.82) is 0 Å². The summed E-state index contributed by atoms with van der Waals surface area (Å²) in [6.45, 7) is 2.59. The van der Waals surface area contributed by atoms with Crippen molar-refractivity contribution in [2.24, 2.45) is 0 Å². The van der Waals surface area contributed by atoms with Crippen LogP contribution in [0.1, 0.15) is 44.9 Å². The van der Waals surface area contributed by atoms with Gasteiger partial charge in [-0.15, -0.1) is 0 Å². The van der Waals surface area contributed by atoms with E-state index in [4.69, 9.17) is 19.3 Å². The summed E-state index contributed by atoms with van der Waals surface area (Å²) in [6.07, 6.45) is 4.66. The van der Waals surface area contributed by atoms with E-state index >= 15 is 0 Å². The standard InChI is InChI=1S/C24H28N2O4/c1-2-29-20-16-14-19(15-17-20)24-23(18-10-6-5-7-11-18)25-22(30-24)13-9-4-3-8-12-21(27)26-28/h5-7,10-11,14-17,28H,2-4,8-9,12-13H2,1H3,(H,26,27). The molecule has 0 bridgehead atoms. The highest BCUT2D eigenvalue weighted by Gasteiger charge is 2.17. The fourth-order valence-corrected chi connectivity index (χ4v) is 3.30. The number of aromatic nitrogens is 1. The SMILES string of the molecule is CCOc1ccc(-c2oc(CCCCCCC(=O)NO)nc2-c2ccccc2)cc1. The minimum Gasteiger partial charge on any atom is -0.494 e. The van der Waals surface area contributed by atoms with Crippen LogP contribution in [0.25, 0.3) is 22.6 Å². The summed E-state index contributed by atoms with van der Waals surface area (Å²) < 4.78 is 11.7. The maximum atomic E-state index is 11.0. The molecule has 0 atom stereocenters. The number of oxazole rings is 1. The molecule has 0 saturated carbocycles. The minimum absolute atomic E-state index is 0.338. The number of hydroxylamine groups is 1. The first-order valence-electron chi connectivity index (χ1n) is 10.4. The zero-order valence-electron chi connectivity index (χ0n) is 17.3. The molecule has 0 unspecified atom stereocenters. The van der Waals surface area contributed by atoms with E-state index in [1.54, 1.807) is 5.48 Å². The highest BCUT2D eigenvalue weighted by Crippen LogP contribution is 2.34. The van der Waals surface area contributed by atoms with Crippen LogP contribution in [-0.4, -0.2) is 22.7 Å². The third-order valence-electron chi connectivity index (χ3n) is 4.82. The van der Waals surface area contributed by atoms with E-state index in [1.807, 2.05) is 61.5 Å². The van der Waals surface area contributed by atoms with Gasteiger partial charge in [-0.2, -0.15) is 0 Å². The number of nitrogens with one attached hydrogen (secondary N) is 1. The van der Waals surface area contributed by atoms with Crippen molar-refractivity contribution in [2.45, 2.75) is 45.4 Å². The molecular weight excluding hydrogens is 380 g/mol. The fourth-order valence-electron chi connectivity index (χ4n) is 3.30. The second-order valence-electron chi connectivity index (χ2n) is 7.06. The average molecular weight is 408 g/mol. The van der Waals surface area contributed by atoms with Crippen molar-refractivity contribution in [2.75, 3.05) is 6.61 Å². The second kappa shape index (κ2) is 11.2. The lowest BCUT2D eigenvalue weighted by Gasteiger charge is -2.05. The molecule has 0 fully saturated rings. The topological polar surface area (TPSA) is 84.6 Å². The number of hydrogen-bond acceptors (Lipinski definition) is 5. The molecule has 158 valence electrons. The van der Waals surface area contributed by atoms with Crippen LogP contribution < -0.4 is 10.2 Å². The number of amides is 1. The van der Waals surface area contributed by atoms with Crippen molar-refractivity contribution in [3.63, 3.8) is 0 Å². The summed E-state index contributed by atoms with van der Waals surface area (Å²) in [4.78, 5) is 15.8. The Morgan fingerprint density at radius 3 is 2.43 bits per heavy atom. The highest BCUT2D eigenvalue weighted by molar-refractivity contribution is 5.77. The predicted octanol–water partition coefficient (Wildman–Crippen LogP) is 5.41. The van der Waals surface area contributed by atoms with Gasteiger partial charge in [0.25, 0.3) is 0 Å². The van der Waals surface area contributed by atoms with Crippen LogP contribution in [0.3, 0.4) is 0 Å². The Balaban J connectivity index is 1.70. The first-order valence-corrected chi connectivity index (χ1v) is 10.4. The maximum absolute atomic E-state index is 11.0. The lowest BCUT2D eigenvalue weighted by Crippen LogP contribution is -2.17. The molecule has 3 rings (SSSR count). The van der Waals surface area contributed by atoms with Crippen LogP contribution in [0.2, 0.25) is 0 Å². The van der Waals surface area contributed by atoms with Gasteiger partial charge in [0.2, 0.25) is 5.91 Å². The molecule has 3 aromatic rings. The summed E-state index contributed by atoms with van der Waals surface area (Å²) in [6, 6.07) is 17.9. The Labute approximate surface area is 176 Å². The van der Waals surface area contributed by atoms with E-state index < -0.39 is 0 Å². The number of ether oxygens (including phenoxy) is 1. The number of hydrogen-bond donors (Lipinski definition) is 2. The average Bonchev–Trinajstić information content (AvgIpc) is 3.21. The van der Waals surface area contributed by atoms with Crippen LogP contribution in [-0.2, 0) is 11.2 Å².